The Bertz CT molecular complexity index is 1660. The summed E-state index contributed by atoms with van der Waals surface area (Å²) in [5, 5.41) is 1.30. The average Bonchev–Trinajstić information content (AvgIpc) is 3.66. The van der Waals surface area contributed by atoms with E-state index >= 15 is 17.6 Å². The molecule has 0 saturated carbocycles. The SMILES string of the molecule is Cc1cc(C)c([PH+](c2c(C)cc(C)cc2C)[C@@H]2C[B-]2(c2c(F)c(F)c(F)c(F)c2F)c2c(F)c(F)c(F)c(F)c2F)c(C)c1. The van der Waals surface area contributed by atoms with Crippen LogP contribution in [0.15, 0.2) is 24.3 Å². The van der Waals surface area contributed by atoms with Crippen LogP contribution in [-0.4, -0.2) is 11.7 Å². The lowest BCUT2D eigenvalue weighted by Gasteiger charge is -2.30. The largest absolute Gasteiger partial charge is 0.207 e. The normalized spacial score (nSPS) is 15.8. The molecular weight excluding hydrogens is 616 g/mol. The molecule has 44 heavy (non-hydrogen) atoms. The molecule has 1 saturated heterocycles. The molecule has 1 aliphatic heterocycles. The number of rotatable bonds is 5. The van der Waals surface area contributed by atoms with Gasteiger partial charge in [0, 0.05) is 7.92 Å². The second kappa shape index (κ2) is 10.9. The van der Waals surface area contributed by atoms with Crippen molar-refractivity contribution in [2.45, 2.75) is 53.4 Å². The molecule has 1 heterocycles. The van der Waals surface area contributed by atoms with Crippen LogP contribution in [0.1, 0.15) is 33.4 Å². The van der Waals surface area contributed by atoms with Crippen molar-refractivity contribution in [2.75, 3.05) is 0 Å². The average molecular weight is 642 g/mol. The van der Waals surface area contributed by atoms with Gasteiger partial charge in [-0.3, -0.25) is 0 Å². The topological polar surface area (TPSA) is 0 Å². The number of aryl methyl sites for hydroxylation is 6. The molecular formula is C32H26BF10P. The summed E-state index contributed by atoms with van der Waals surface area (Å²) in [5.41, 5.74) is 0.114. The predicted molar refractivity (Wildman–Crippen MR) is 155 cm³/mol. The highest BCUT2D eigenvalue weighted by Crippen LogP contribution is 2.60. The van der Waals surface area contributed by atoms with E-state index in [0.717, 1.165) is 11.1 Å². The van der Waals surface area contributed by atoms with Gasteiger partial charge in [0.25, 0.3) is 0 Å². The molecule has 4 aromatic rings. The standard InChI is InChI=1S/C32H25BF10P/c1-12-7-14(3)31(15(4)8-12)44(32-16(5)9-13(2)10-17(32)6)18-11-33(18,19-21(34)25(38)29(42)26(39)22(19)35)20-23(36)27(40)30(43)28(41)24(20)37/h7-10,18H,11H2,1-6H3/q-1/p+1/t18-/m1/s1. The lowest BCUT2D eigenvalue weighted by molar-refractivity contribution is 0.382. The highest BCUT2D eigenvalue weighted by molar-refractivity contribution is 7.78. The van der Waals surface area contributed by atoms with Crippen molar-refractivity contribution in [1.82, 2.24) is 0 Å². The molecule has 1 aliphatic rings. The Hall–Kier alpha value is -3.33. The Labute approximate surface area is 248 Å². The van der Waals surface area contributed by atoms with Gasteiger partial charge in [-0.15, -0.1) is 10.9 Å². The minimum atomic E-state index is -3.78. The van der Waals surface area contributed by atoms with E-state index in [1.807, 2.05) is 38.1 Å². The van der Waals surface area contributed by atoms with Crippen molar-refractivity contribution in [3.8, 4) is 0 Å². The van der Waals surface area contributed by atoms with Crippen molar-refractivity contribution >= 4 is 35.6 Å². The molecule has 1 atom stereocenters. The summed E-state index contributed by atoms with van der Waals surface area (Å²) >= 11 is 0. The van der Waals surface area contributed by atoms with E-state index in [0.29, 0.717) is 32.9 Å². The van der Waals surface area contributed by atoms with Crippen molar-refractivity contribution in [1.29, 1.82) is 0 Å². The maximum atomic E-state index is 15.6. The second-order valence-corrected chi connectivity index (χ2v) is 14.5. The van der Waals surface area contributed by atoms with Crippen molar-refractivity contribution in [2.24, 2.45) is 0 Å². The Morgan fingerprint density at radius 2 is 0.705 bits per heavy atom. The minimum absolute atomic E-state index is 0.593. The van der Waals surface area contributed by atoms with Crippen LogP contribution < -0.4 is 21.5 Å². The third-order valence-corrected chi connectivity index (χ3v) is 13.1. The molecule has 0 spiro atoms. The minimum Gasteiger partial charge on any atom is -0.207 e. The molecule has 12 heteroatoms. The first-order valence-electron chi connectivity index (χ1n) is 13.7. The summed E-state index contributed by atoms with van der Waals surface area (Å²) < 4.78 is 150. The molecule has 0 bridgehead atoms. The Kier molecular flexibility index (Phi) is 7.97. The molecule has 0 N–H and O–H groups in total. The summed E-state index contributed by atoms with van der Waals surface area (Å²) in [6.07, 6.45) is -4.37. The lowest BCUT2D eigenvalue weighted by atomic mass is 9.32. The molecule has 0 amide bonds. The van der Waals surface area contributed by atoms with Gasteiger partial charge in [-0.1, -0.05) is 41.0 Å². The third kappa shape index (κ3) is 4.56. The van der Waals surface area contributed by atoms with E-state index in [1.165, 1.54) is 0 Å². The Morgan fingerprint density at radius 1 is 0.455 bits per heavy atom. The van der Waals surface area contributed by atoms with E-state index in [2.05, 4.69) is 0 Å². The first-order chi connectivity index (χ1) is 20.5. The fourth-order valence-electron chi connectivity index (χ4n) is 7.36. The van der Waals surface area contributed by atoms with Gasteiger partial charge in [0.1, 0.15) is 29.4 Å². The van der Waals surface area contributed by atoms with Crippen LogP contribution >= 0.6 is 7.92 Å². The highest BCUT2D eigenvalue weighted by Gasteiger charge is 2.63. The van der Waals surface area contributed by atoms with Crippen LogP contribution in [0.3, 0.4) is 0 Å². The zero-order chi connectivity index (χ0) is 32.7. The van der Waals surface area contributed by atoms with Crippen LogP contribution in [0.2, 0.25) is 6.32 Å². The van der Waals surface area contributed by atoms with E-state index in [9.17, 15) is 26.3 Å². The smallest absolute Gasteiger partial charge is 0.200 e. The highest BCUT2D eigenvalue weighted by atomic mass is 31.1. The third-order valence-electron chi connectivity index (χ3n) is 8.89. The zero-order valence-corrected chi connectivity index (χ0v) is 25.5. The monoisotopic (exact) mass is 642 g/mol. The molecule has 0 aromatic heterocycles. The molecule has 0 aliphatic carbocycles. The van der Waals surface area contributed by atoms with Crippen molar-refractivity contribution < 1.29 is 43.9 Å². The number of hydrogen-bond donors (Lipinski definition) is 0. The molecule has 1 fully saturated rings. The molecule has 0 nitrogen and oxygen atoms in total. The van der Waals surface area contributed by atoms with E-state index in [4.69, 9.17) is 0 Å². The number of halogens is 10. The number of benzene rings is 4. The van der Waals surface area contributed by atoms with E-state index in [1.54, 1.807) is 27.7 Å². The maximum absolute atomic E-state index is 15.6. The Morgan fingerprint density at radius 3 is 0.977 bits per heavy atom. The van der Waals surface area contributed by atoms with Gasteiger partial charge in [0.05, 0.1) is 10.6 Å². The summed E-state index contributed by atoms with van der Waals surface area (Å²) in [6, 6.07) is 7.28. The quantitative estimate of drug-likeness (QED) is 0.0707. The molecule has 0 radical (unpaired) electrons. The van der Waals surface area contributed by atoms with E-state index < -0.39 is 95.0 Å². The van der Waals surface area contributed by atoms with Gasteiger partial charge in [0.15, 0.2) is 34.9 Å². The van der Waals surface area contributed by atoms with Crippen LogP contribution in [-0.2, 0) is 0 Å². The number of hydrogen-bond acceptors (Lipinski definition) is 0. The van der Waals surface area contributed by atoms with Gasteiger partial charge in [0.2, 0.25) is 0 Å². The van der Waals surface area contributed by atoms with E-state index in [-0.39, 0.29) is 0 Å². The first-order valence-corrected chi connectivity index (χ1v) is 15.3. The summed E-state index contributed by atoms with van der Waals surface area (Å²) in [7, 11) is -2.51. The van der Waals surface area contributed by atoms with Crippen molar-refractivity contribution in [3.63, 3.8) is 0 Å². The van der Waals surface area contributed by atoms with Gasteiger partial charge in [-0.2, -0.15) is 6.32 Å². The second-order valence-electron chi connectivity index (χ2n) is 11.9. The molecule has 232 valence electrons. The van der Waals surface area contributed by atoms with Gasteiger partial charge in [-0.05, 0) is 63.8 Å². The Balaban J connectivity index is 1.97. The first kappa shape index (κ1) is 32.1. The van der Waals surface area contributed by atoms with Gasteiger partial charge < -0.3 is 0 Å². The lowest BCUT2D eigenvalue weighted by Crippen LogP contribution is -2.56. The molecule has 0 unspecified atom stereocenters. The fourth-order valence-corrected chi connectivity index (χ4v) is 11.9. The van der Waals surface area contributed by atoms with Crippen LogP contribution in [0.25, 0.3) is 0 Å². The van der Waals surface area contributed by atoms with Crippen LogP contribution in [0.4, 0.5) is 43.9 Å². The van der Waals surface area contributed by atoms with Crippen molar-refractivity contribution in [3.05, 3.63) is 116 Å². The predicted octanol–water partition coefficient (Wildman–Crippen LogP) is 7.28. The van der Waals surface area contributed by atoms with Crippen LogP contribution in [0.5, 0.6) is 0 Å². The fraction of sp³-hybridized carbons (Fsp3) is 0.250. The summed E-state index contributed by atoms with van der Waals surface area (Å²) in [6.45, 7) is 10.7. The zero-order valence-electron chi connectivity index (χ0n) is 24.5. The summed E-state index contributed by atoms with van der Waals surface area (Å²) in [4.78, 5) is 0. The summed E-state index contributed by atoms with van der Waals surface area (Å²) in [5.74, 6) is -24.0. The van der Waals surface area contributed by atoms with Gasteiger partial charge >= 0.3 is 0 Å². The molecule has 5 rings (SSSR count). The van der Waals surface area contributed by atoms with Crippen LogP contribution in [0, 0.1) is 99.7 Å². The maximum Gasteiger partial charge on any atom is 0.200 e. The van der Waals surface area contributed by atoms with Gasteiger partial charge in [-0.25, -0.2) is 43.9 Å². The molecule has 4 aromatic carbocycles.